The summed E-state index contributed by atoms with van der Waals surface area (Å²) in [4.78, 5) is 4.88. The van der Waals surface area contributed by atoms with Gasteiger partial charge in [-0.15, -0.1) is 11.3 Å². The Morgan fingerprint density at radius 3 is 2.35 bits per heavy atom. The van der Waals surface area contributed by atoms with Crippen LogP contribution in [0.15, 0.2) is 36.0 Å². The molecule has 0 radical (unpaired) electrons. The minimum absolute atomic E-state index is 0.0289. The van der Waals surface area contributed by atoms with E-state index in [9.17, 15) is 13.9 Å². The molecule has 0 aliphatic carbocycles. The molecule has 0 saturated carbocycles. The maximum absolute atomic E-state index is 12.3. The molecule has 1 unspecified atom stereocenters. The van der Waals surface area contributed by atoms with E-state index in [1.807, 2.05) is 0 Å². The Morgan fingerprint density at radius 1 is 1.18 bits per heavy atom. The molecular weight excluding hydrogens is 244 g/mol. The predicted molar refractivity (Wildman–Crippen MR) is 62.2 cm³/mol. The number of hydrogen-bond acceptors (Lipinski definition) is 3. The van der Waals surface area contributed by atoms with Gasteiger partial charge in [-0.1, -0.05) is 24.3 Å². The third-order valence-electron chi connectivity index (χ3n) is 2.45. The highest BCUT2D eigenvalue weighted by molar-refractivity contribution is 7.09. The van der Waals surface area contributed by atoms with E-state index in [1.165, 1.54) is 35.6 Å². The molecule has 0 saturated heterocycles. The van der Waals surface area contributed by atoms with Gasteiger partial charge < -0.3 is 5.11 Å². The van der Waals surface area contributed by atoms with Crippen LogP contribution in [0.3, 0.4) is 0 Å². The fraction of sp³-hybridized carbons (Fsp3) is 0.250. The molecule has 90 valence electrons. The third-order valence-corrected chi connectivity index (χ3v) is 3.25. The highest BCUT2D eigenvalue weighted by Crippen LogP contribution is 2.23. The minimum Gasteiger partial charge on any atom is -0.388 e. The third kappa shape index (κ3) is 3.08. The number of halogens is 2. The van der Waals surface area contributed by atoms with E-state index in [2.05, 4.69) is 4.98 Å². The zero-order valence-corrected chi connectivity index (χ0v) is 9.70. The Kier molecular flexibility index (Phi) is 3.81. The van der Waals surface area contributed by atoms with Crippen molar-refractivity contribution in [1.29, 1.82) is 0 Å². The van der Waals surface area contributed by atoms with E-state index >= 15 is 0 Å². The standard InChI is InChI=1S/C12H11F2NOS/c13-12(14)9-3-1-8(2-4-9)11(16)5-10-6-15-7-17-10/h1-4,6-7,11-12,16H,5H2. The maximum atomic E-state index is 12.3. The molecule has 0 aliphatic heterocycles. The van der Waals surface area contributed by atoms with Crippen LogP contribution in [-0.2, 0) is 6.42 Å². The van der Waals surface area contributed by atoms with Gasteiger partial charge in [-0.2, -0.15) is 0 Å². The predicted octanol–water partition coefficient (Wildman–Crippen LogP) is 3.36. The van der Waals surface area contributed by atoms with Crippen LogP contribution in [0, 0.1) is 0 Å². The number of hydrogen-bond donors (Lipinski definition) is 1. The van der Waals surface area contributed by atoms with Crippen LogP contribution in [0.25, 0.3) is 0 Å². The van der Waals surface area contributed by atoms with Gasteiger partial charge in [-0.3, -0.25) is 4.98 Å². The number of aliphatic hydroxyl groups excluding tert-OH is 1. The Balaban J connectivity index is 2.06. The van der Waals surface area contributed by atoms with E-state index in [-0.39, 0.29) is 5.56 Å². The monoisotopic (exact) mass is 255 g/mol. The number of benzene rings is 1. The largest absolute Gasteiger partial charge is 0.388 e. The lowest BCUT2D eigenvalue weighted by atomic mass is 10.0. The zero-order chi connectivity index (χ0) is 12.3. The average Bonchev–Trinajstić information content (AvgIpc) is 2.82. The molecule has 2 rings (SSSR count). The van der Waals surface area contributed by atoms with E-state index in [0.717, 1.165) is 4.88 Å². The summed E-state index contributed by atoms with van der Waals surface area (Å²) in [7, 11) is 0. The summed E-state index contributed by atoms with van der Waals surface area (Å²) >= 11 is 1.46. The van der Waals surface area contributed by atoms with Crippen molar-refractivity contribution in [2.45, 2.75) is 19.0 Å². The first-order valence-corrected chi connectivity index (χ1v) is 5.98. The van der Waals surface area contributed by atoms with Gasteiger partial charge in [0.2, 0.25) is 0 Å². The summed E-state index contributed by atoms with van der Waals surface area (Å²) in [5.41, 5.74) is 2.31. The van der Waals surface area contributed by atoms with Crippen molar-refractivity contribution in [3.63, 3.8) is 0 Å². The van der Waals surface area contributed by atoms with Crippen molar-refractivity contribution in [3.8, 4) is 0 Å². The van der Waals surface area contributed by atoms with Gasteiger partial charge in [0, 0.05) is 23.1 Å². The van der Waals surface area contributed by atoms with E-state index in [1.54, 1.807) is 11.7 Å². The quantitative estimate of drug-likeness (QED) is 0.908. The molecule has 2 aromatic rings. The van der Waals surface area contributed by atoms with Crippen molar-refractivity contribution >= 4 is 11.3 Å². The molecule has 1 atom stereocenters. The lowest BCUT2D eigenvalue weighted by Gasteiger charge is -2.10. The molecule has 0 amide bonds. The number of rotatable bonds is 4. The number of alkyl halides is 2. The molecule has 2 nitrogen and oxygen atoms in total. The zero-order valence-electron chi connectivity index (χ0n) is 8.88. The SMILES string of the molecule is OC(Cc1cncs1)c1ccc(C(F)F)cc1. The molecule has 0 spiro atoms. The molecule has 0 aliphatic rings. The average molecular weight is 255 g/mol. The van der Waals surface area contributed by atoms with Crippen LogP contribution in [-0.4, -0.2) is 10.1 Å². The highest BCUT2D eigenvalue weighted by atomic mass is 32.1. The van der Waals surface area contributed by atoms with Gasteiger partial charge in [0.25, 0.3) is 6.43 Å². The van der Waals surface area contributed by atoms with Crippen LogP contribution in [0.1, 0.15) is 28.5 Å². The second kappa shape index (κ2) is 5.33. The van der Waals surface area contributed by atoms with Gasteiger partial charge in [-0.25, -0.2) is 8.78 Å². The smallest absolute Gasteiger partial charge is 0.263 e. The van der Waals surface area contributed by atoms with Crippen molar-refractivity contribution in [3.05, 3.63) is 52.0 Å². The number of thiazole rings is 1. The van der Waals surface area contributed by atoms with Gasteiger partial charge in [0.15, 0.2) is 0 Å². The topological polar surface area (TPSA) is 33.1 Å². The Morgan fingerprint density at radius 2 is 1.82 bits per heavy atom. The number of aromatic nitrogens is 1. The summed E-state index contributed by atoms with van der Waals surface area (Å²) in [6.07, 6.45) is -0.995. The van der Waals surface area contributed by atoms with Crippen LogP contribution < -0.4 is 0 Å². The van der Waals surface area contributed by atoms with E-state index < -0.39 is 12.5 Å². The Bertz CT molecular complexity index is 456. The summed E-state index contributed by atoms with van der Waals surface area (Å²) < 4.78 is 24.7. The number of nitrogens with zero attached hydrogens (tertiary/aromatic N) is 1. The fourth-order valence-corrected chi connectivity index (χ4v) is 2.15. The molecule has 1 aromatic carbocycles. The number of aliphatic hydroxyl groups is 1. The van der Waals surface area contributed by atoms with E-state index in [0.29, 0.717) is 12.0 Å². The maximum Gasteiger partial charge on any atom is 0.263 e. The molecule has 5 heteroatoms. The van der Waals surface area contributed by atoms with Gasteiger partial charge >= 0.3 is 0 Å². The minimum atomic E-state index is -2.47. The van der Waals surface area contributed by atoms with Crippen LogP contribution in [0.4, 0.5) is 8.78 Å². The first-order chi connectivity index (χ1) is 8.16. The lowest BCUT2D eigenvalue weighted by molar-refractivity contribution is 0.151. The fourth-order valence-electron chi connectivity index (χ4n) is 1.51. The Labute approximate surface area is 102 Å². The van der Waals surface area contributed by atoms with Crippen molar-refractivity contribution in [1.82, 2.24) is 4.98 Å². The first kappa shape index (κ1) is 12.1. The Hall–Kier alpha value is -1.33. The van der Waals surface area contributed by atoms with Crippen molar-refractivity contribution in [2.24, 2.45) is 0 Å². The van der Waals surface area contributed by atoms with Gasteiger partial charge in [0.1, 0.15) is 0 Å². The molecule has 17 heavy (non-hydrogen) atoms. The van der Waals surface area contributed by atoms with Crippen LogP contribution >= 0.6 is 11.3 Å². The second-order valence-electron chi connectivity index (χ2n) is 3.66. The summed E-state index contributed by atoms with van der Waals surface area (Å²) in [6.45, 7) is 0. The van der Waals surface area contributed by atoms with Crippen LogP contribution in [0.2, 0.25) is 0 Å². The lowest BCUT2D eigenvalue weighted by Crippen LogP contribution is -2.00. The van der Waals surface area contributed by atoms with Crippen molar-refractivity contribution < 1.29 is 13.9 Å². The summed E-state index contributed by atoms with van der Waals surface area (Å²) in [6, 6.07) is 5.76. The highest BCUT2D eigenvalue weighted by Gasteiger charge is 2.11. The van der Waals surface area contributed by atoms with E-state index in [4.69, 9.17) is 0 Å². The summed E-state index contributed by atoms with van der Waals surface area (Å²) in [5.74, 6) is 0. The molecule has 1 heterocycles. The molecular formula is C12H11F2NOS. The van der Waals surface area contributed by atoms with Crippen molar-refractivity contribution in [2.75, 3.05) is 0 Å². The molecule has 1 aromatic heterocycles. The molecule has 0 bridgehead atoms. The van der Waals surface area contributed by atoms with Gasteiger partial charge in [-0.05, 0) is 5.56 Å². The van der Waals surface area contributed by atoms with Crippen LogP contribution in [0.5, 0.6) is 0 Å². The molecule has 1 N–H and O–H groups in total. The molecule has 0 fully saturated rings. The van der Waals surface area contributed by atoms with Gasteiger partial charge in [0.05, 0.1) is 11.6 Å². The summed E-state index contributed by atoms with van der Waals surface area (Å²) in [5, 5.41) is 9.91. The first-order valence-electron chi connectivity index (χ1n) is 5.10. The normalized spacial score (nSPS) is 12.9. The second-order valence-corrected chi connectivity index (χ2v) is 4.63.